The standard InChI is InChI=1S/C35H49FN4O4Si/c1-33(2,3)31(41)40-22-35(16-18-39(19-17-35)32(42)38-26-13-11-10-12-25(26)36)29-24-15-14-23(43-7)20-27(24)37-30(29)28(40)21-44-45(8,9)34(4,5)6/h10-15,20,28,37H,16-19,21-22H2,1-9H3,(H,38,42)/t28-/m0/s1. The van der Waals surface area contributed by atoms with Crippen LogP contribution >= 0.6 is 0 Å². The Morgan fingerprint density at radius 2 is 1.73 bits per heavy atom. The highest BCUT2D eigenvalue weighted by Gasteiger charge is 2.51. The molecule has 3 amide bonds. The molecule has 1 fully saturated rings. The van der Waals surface area contributed by atoms with E-state index in [2.05, 4.69) is 50.2 Å². The number of para-hydroxylation sites is 1. The lowest BCUT2D eigenvalue weighted by molar-refractivity contribution is -0.145. The number of methoxy groups -OCH3 is 1. The number of hydrogen-bond donors (Lipinski definition) is 2. The van der Waals surface area contributed by atoms with Crippen LogP contribution in [0, 0.1) is 11.2 Å². The zero-order chi connectivity index (χ0) is 32.9. The SMILES string of the molecule is COc1ccc2c3c([nH]c2c1)[C@H](CO[Si](C)(C)C(C)(C)C)N(C(=O)C(C)(C)C)CC31CCN(C(=O)Nc2ccccc2F)CC1. The summed E-state index contributed by atoms with van der Waals surface area (Å²) >= 11 is 0. The number of anilines is 1. The number of ether oxygens (including phenoxy) is 1. The van der Waals surface area contributed by atoms with Gasteiger partial charge in [-0.15, -0.1) is 0 Å². The Kier molecular flexibility index (Phi) is 8.63. The summed E-state index contributed by atoms with van der Waals surface area (Å²) in [4.78, 5) is 35.0. The summed E-state index contributed by atoms with van der Waals surface area (Å²) in [5.74, 6) is 0.367. The Morgan fingerprint density at radius 3 is 2.33 bits per heavy atom. The predicted molar refractivity (Wildman–Crippen MR) is 180 cm³/mol. The van der Waals surface area contributed by atoms with Gasteiger partial charge in [-0.3, -0.25) is 4.79 Å². The van der Waals surface area contributed by atoms with E-state index in [0.29, 0.717) is 39.1 Å². The summed E-state index contributed by atoms with van der Waals surface area (Å²) in [5, 5.41) is 3.87. The summed E-state index contributed by atoms with van der Waals surface area (Å²) in [6.45, 7) is 19.0. The maximum absolute atomic E-state index is 14.3. The van der Waals surface area contributed by atoms with Gasteiger partial charge in [-0.2, -0.15) is 0 Å². The van der Waals surface area contributed by atoms with E-state index >= 15 is 0 Å². The van der Waals surface area contributed by atoms with Crippen molar-refractivity contribution in [3.05, 3.63) is 59.5 Å². The predicted octanol–water partition coefficient (Wildman–Crippen LogP) is 7.83. The second-order valence-corrected chi connectivity index (χ2v) is 20.1. The van der Waals surface area contributed by atoms with Gasteiger partial charge in [0.1, 0.15) is 11.6 Å². The van der Waals surface area contributed by atoms with Gasteiger partial charge in [-0.1, -0.05) is 53.7 Å². The number of likely N-dealkylation sites (tertiary alicyclic amines) is 1. The number of H-pyrrole nitrogens is 1. The second-order valence-electron chi connectivity index (χ2n) is 15.3. The molecule has 1 spiro atoms. The Labute approximate surface area is 267 Å². The molecule has 0 bridgehead atoms. The third-order valence-electron chi connectivity index (χ3n) is 10.2. The number of benzene rings is 2. The van der Waals surface area contributed by atoms with E-state index in [-0.39, 0.29) is 34.1 Å². The van der Waals surface area contributed by atoms with Gasteiger partial charge in [0.2, 0.25) is 5.91 Å². The maximum atomic E-state index is 14.3. The quantitative estimate of drug-likeness (QED) is 0.280. The highest BCUT2D eigenvalue weighted by atomic mass is 28.4. The van der Waals surface area contributed by atoms with Crippen molar-refractivity contribution in [1.29, 1.82) is 0 Å². The van der Waals surface area contributed by atoms with Crippen molar-refractivity contribution in [3.8, 4) is 5.75 Å². The molecule has 2 N–H and O–H groups in total. The van der Waals surface area contributed by atoms with E-state index in [4.69, 9.17) is 9.16 Å². The highest BCUT2D eigenvalue weighted by molar-refractivity contribution is 6.74. The minimum absolute atomic E-state index is 0.0223. The van der Waals surface area contributed by atoms with Crippen molar-refractivity contribution in [2.45, 2.75) is 84.0 Å². The largest absolute Gasteiger partial charge is 0.497 e. The summed E-state index contributed by atoms with van der Waals surface area (Å²) in [7, 11) is -0.470. The van der Waals surface area contributed by atoms with Crippen molar-refractivity contribution >= 4 is 36.8 Å². The molecule has 244 valence electrons. The number of nitrogens with zero attached hydrogens (tertiary/aromatic N) is 2. The molecular formula is C35H49FN4O4Si. The van der Waals surface area contributed by atoms with Crippen LogP contribution < -0.4 is 10.1 Å². The van der Waals surface area contributed by atoms with Crippen LogP contribution in [0.5, 0.6) is 5.75 Å². The first kappa shape index (κ1) is 33.0. The number of rotatable bonds is 5. The van der Waals surface area contributed by atoms with Crippen molar-refractivity contribution in [2.24, 2.45) is 5.41 Å². The van der Waals surface area contributed by atoms with E-state index in [1.165, 1.54) is 11.6 Å². The minimum Gasteiger partial charge on any atom is -0.497 e. The van der Waals surface area contributed by atoms with E-state index in [1.807, 2.05) is 37.8 Å². The number of piperidine rings is 1. The summed E-state index contributed by atoms with van der Waals surface area (Å²) < 4.78 is 26.7. The van der Waals surface area contributed by atoms with Crippen LogP contribution in [0.2, 0.25) is 18.1 Å². The Balaban J connectivity index is 1.55. The van der Waals surface area contributed by atoms with Gasteiger partial charge in [0.25, 0.3) is 0 Å². The number of aromatic amines is 1. The smallest absolute Gasteiger partial charge is 0.321 e. The average Bonchev–Trinajstić information content (AvgIpc) is 3.36. The minimum atomic E-state index is -2.13. The average molecular weight is 637 g/mol. The molecule has 45 heavy (non-hydrogen) atoms. The molecule has 1 saturated heterocycles. The molecule has 2 aliphatic heterocycles. The van der Waals surface area contributed by atoms with Gasteiger partial charge in [0, 0.05) is 53.1 Å². The van der Waals surface area contributed by atoms with Crippen LogP contribution in [0.25, 0.3) is 10.9 Å². The number of amides is 3. The lowest BCUT2D eigenvalue weighted by Gasteiger charge is -2.52. The molecule has 2 aromatic carbocycles. The zero-order valence-electron chi connectivity index (χ0n) is 28.3. The molecule has 3 aromatic rings. The number of carbonyl (C=O) groups is 2. The number of hydrogen-bond acceptors (Lipinski definition) is 4. The monoisotopic (exact) mass is 636 g/mol. The van der Waals surface area contributed by atoms with Crippen LogP contribution in [-0.2, 0) is 14.6 Å². The van der Waals surface area contributed by atoms with Gasteiger partial charge in [-0.05, 0) is 60.8 Å². The fourth-order valence-corrected chi connectivity index (χ4v) is 7.45. The Morgan fingerprint density at radius 1 is 1.07 bits per heavy atom. The Hall–Kier alpha value is -3.37. The van der Waals surface area contributed by atoms with Gasteiger partial charge < -0.3 is 29.3 Å². The lowest BCUT2D eigenvalue weighted by atomic mass is 9.68. The zero-order valence-corrected chi connectivity index (χ0v) is 29.3. The van der Waals surface area contributed by atoms with E-state index < -0.39 is 19.5 Å². The number of urea groups is 1. The van der Waals surface area contributed by atoms with Crippen LogP contribution in [0.15, 0.2) is 42.5 Å². The number of carbonyl (C=O) groups excluding carboxylic acids is 2. The molecule has 0 unspecified atom stereocenters. The third-order valence-corrected chi connectivity index (χ3v) is 14.7. The number of fused-ring (bicyclic) bond motifs is 4. The molecule has 1 atom stereocenters. The summed E-state index contributed by atoms with van der Waals surface area (Å²) in [6, 6.07) is 11.7. The first-order valence-corrected chi connectivity index (χ1v) is 18.8. The molecule has 2 aliphatic rings. The van der Waals surface area contributed by atoms with Crippen molar-refractivity contribution in [3.63, 3.8) is 0 Å². The third kappa shape index (κ3) is 6.23. The first-order chi connectivity index (χ1) is 21.0. The number of aromatic nitrogens is 1. The van der Waals surface area contributed by atoms with Crippen molar-refractivity contribution < 1.29 is 23.1 Å². The molecule has 0 aliphatic carbocycles. The topological polar surface area (TPSA) is 86.9 Å². The molecule has 3 heterocycles. The normalized spacial score (nSPS) is 18.7. The second kappa shape index (κ2) is 11.8. The van der Waals surface area contributed by atoms with Crippen molar-refractivity contribution in [1.82, 2.24) is 14.8 Å². The Bertz CT molecular complexity index is 1580. The fourth-order valence-electron chi connectivity index (χ4n) is 6.44. The fraction of sp³-hybridized carbons (Fsp3) is 0.543. The van der Waals surface area contributed by atoms with Crippen LogP contribution in [-0.4, -0.2) is 68.4 Å². The van der Waals surface area contributed by atoms with Crippen molar-refractivity contribution in [2.75, 3.05) is 38.7 Å². The first-order valence-electron chi connectivity index (χ1n) is 15.9. The molecular weight excluding hydrogens is 587 g/mol. The lowest BCUT2D eigenvalue weighted by Crippen LogP contribution is -2.58. The van der Waals surface area contributed by atoms with Crippen LogP contribution in [0.4, 0.5) is 14.9 Å². The van der Waals surface area contributed by atoms with E-state index in [9.17, 15) is 14.0 Å². The molecule has 0 radical (unpaired) electrons. The molecule has 5 rings (SSSR count). The summed E-state index contributed by atoms with van der Waals surface area (Å²) in [5.41, 5.74) is 2.36. The number of nitrogens with one attached hydrogen (secondary N) is 2. The number of halogens is 1. The molecule has 10 heteroatoms. The molecule has 0 saturated carbocycles. The van der Waals surface area contributed by atoms with Gasteiger partial charge in [0.15, 0.2) is 8.32 Å². The van der Waals surface area contributed by atoms with Crippen LogP contribution in [0.1, 0.15) is 71.7 Å². The molecule has 8 nitrogen and oxygen atoms in total. The molecule has 1 aromatic heterocycles. The van der Waals surface area contributed by atoms with Gasteiger partial charge in [0.05, 0.1) is 25.4 Å². The van der Waals surface area contributed by atoms with E-state index in [1.54, 1.807) is 30.2 Å². The summed E-state index contributed by atoms with van der Waals surface area (Å²) in [6.07, 6.45) is 1.32. The van der Waals surface area contributed by atoms with E-state index in [0.717, 1.165) is 22.3 Å². The van der Waals surface area contributed by atoms with Gasteiger partial charge in [-0.25, -0.2) is 9.18 Å². The highest BCUT2D eigenvalue weighted by Crippen LogP contribution is 2.50. The maximum Gasteiger partial charge on any atom is 0.321 e. The van der Waals surface area contributed by atoms with Gasteiger partial charge >= 0.3 is 6.03 Å². The van der Waals surface area contributed by atoms with Crippen LogP contribution in [0.3, 0.4) is 0 Å².